The van der Waals surface area contributed by atoms with E-state index in [0.717, 1.165) is 0 Å². The predicted molar refractivity (Wildman–Crippen MR) is 236 cm³/mol. The van der Waals surface area contributed by atoms with Crippen molar-refractivity contribution >= 4 is 43.1 Å². The third-order valence-electron chi connectivity index (χ3n) is 12.2. The normalized spacial score (nSPS) is 13.1. The fourth-order valence-corrected chi connectivity index (χ4v) is 9.65. The van der Waals surface area contributed by atoms with Crippen molar-refractivity contribution < 1.29 is 0 Å². The van der Waals surface area contributed by atoms with E-state index in [0.29, 0.717) is 0 Å². The number of rotatable bonds is 4. The topological polar surface area (TPSA) is 0 Å². The molecule has 0 aromatic heterocycles. The standard InChI is InChI=1S/C55H38/c1-55(2)51-34-41(31-32-45(51)50-33-30-37-13-4-6-16-44(37)54(50)55)35-22-26-39(27-23-35)52-46-17-7-9-19-48(46)53(49-20-10-8-18-47(49)52)40-28-24-38(25-29-40)43-21-11-14-36-12-3-5-15-42(36)43/h3-34H,1-2H3. The van der Waals surface area contributed by atoms with Crippen LogP contribution < -0.4 is 0 Å². The molecule has 0 saturated carbocycles. The van der Waals surface area contributed by atoms with Crippen LogP contribution in [0.3, 0.4) is 0 Å². The summed E-state index contributed by atoms with van der Waals surface area (Å²) in [5, 5.41) is 10.3. The highest BCUT2D eigenvalue weighted by Crippen LogP contribution is 2.52. The molecule has 10 aromatic carbocycles. The highest BCUT2D eigenvalue weighted by Gasteiger charge is 2.37. The summed E-state index contributed by atoms with van der Waals surface area (Å²) in [6.45, 7) is 4.77. The minimum absolute atomic E-state index is 0.0860. The predicted octanol–water partition coefficient (Wildman–Crippen LogP) is 15.3. The molecule has 0 nitrogen and oxygen atoms in total. The van der Waals surface area contributed by atoms with E-state index < -0.39 is 0 Å². The Morgan fingerprint density at radius 1 is 0.291 bits per heavy atom. The van der Waals surface area contributed by atoms with Crippen molar-refractivity contribution in [3.05, 3.63) is 205 Å². The van der Waals surface area contributed by atoms with Gasteiger partial charge in [0.1, 0.15) is 0 Å². The van der Waals surface area contributed by atoms with Gasteiger partial charge in [-0.25, -0.2) is 0 Å². The molecular weight excluding hydrogens is 661 g/mol. The summed E-state index contributed by atoms with van der Waals surface area (Å²) in [7, 11) is 0. The molecular formula is C55H38. The number of fused-ring (bicyclic) bond motifs is 8. The lowest BCUT2D eigenvalue weighted by Crippen LogP contribution is -2.15. The molecule has 0 spiro atoms. The zero-order valence-corrected chi connectivity index (χ0v) is 31.0. The Hall–Kier alpha value is -6.76. The van der Waals surface area contributed by atoms with Gasteiger partial charge in [-0.3, -0.25) is 0 Å². The molecule has 0 unspecified atom stereocenters. The molecule has 55 heavy (non-hydrogen) atoms. The molecule has 258 valence electrons. The summed E-state index contributed by atoms with van der Waals surface area (Å²) in [5.74, 6) is 0. The zero-order valence-electron chi connectivity index (χ0n) is 31.0. The van der Waals surface area contributed by atoms with Crippen LogP contribution in [0.5, 0.6) is 0 Å². The minimum Gasteiger partial charge on any atom is -0.0616 e. The van der Waals surface area contributed by atoms with Crippen molar-refractivity contribution in [3.8, 4) is 55.6 Å². The first kappa shape index (κ1) is 31.7. The molecule has 0 N–H and O–H groups in total. The summed E-state index contributed by atoms with van der Waals surface area (Å²) in [6, 6.07) is 72.0. The van der Waals surface area contributed by atoms with E-state index in [1.165, 1.54) is 110 Å². The molecule has 0 atom stereocenters. The lowest BCUT2D eigenvalue weighted by atomic mass is 9.79. The largest absolute Gasteiger partial charge is 0.0616 e. The van der Waals surface area contributed by atoms with Gasteiger partial charge in [-0.15, -0.1) is 0 Å². The average molecular weight is 699 g/mol. The Kier molecular flexibility index (Phi) is 7.00. The van der Waals surface area contributed by atoms with Crippen LogP contribution >= 0.6 is 0 Å². The summed E-state index contributed by atoms with van der Waals surface area (Å²) in [6.07, 6.45) is 0. The van der Waals surface area contributed by atoms with Crippen molar-refractivity contribution in [2.45, 2.75) is 19.3 Å². The second-order valence-electron chi connectivity index (χ2n) is 15.6. The fourth-order valence-electron chi connectivity index (χ4n) is 9.65. The van der Waals surface area contributed by atoms with Crippen molar-refractivity contribution in [2.24, 2.45) is 0 Å². The smallest absolute Gasteiger partial charge is 0.0165 e. The maximum Gasteiger partial charge on any atom is 0.0165 e. The molecule has 1 aliphatic carbocycles. The van der Waals surface area contributed by atoms with Crippen LogP contribution in [0.2, 0.25) is 0 Å². The Labute approximate surface area is 322 Å². The molecule has 1 aliphatic rings. The first-order chi connectivity index (χ1) is 27.0. The summed E-state index contributed by atoms with van der Waals surface area (Å²) >= 11 is 0. The van der Waals surface area contributed by atoms with Crippen molar-refractivity contribution in [3.63, 3.8) is 0 Å². The van der Waals surface area contributed by atoms with Gasteiger partial charge >= 0.3 is 0 Å². The Bertz CT molecular complexity index is 3080. The molecule has 10 aromatic rings. The quantitative estimate of drug-likeness (QED) is 0.161. The van der Waals surface area contributed by atoms with Crippen molar-refractivity contribution in [2.75, 3.05) is 0 Å². The van der Waals surface area contributed by atoms with Gasteiger partial charge in [0.25, 0.3) is 0 Å². The summed E-state index contributed by atoms with van der Waals surface area (Å²) in [5.41, 5.74) is 15.5. The van der Waals surface area contributed by atoms with Gasteiger partial charge in [-0.2, -0.15) is 0 Å². The van der Waals surface area contributed by atoms with E-state index >= 15 is 0 Å². The average Bonchev–Trinajstić information content (AvgIpc) is 3.48. The summed E-state index contributed by atoms with van der Waals surface area (Å²) < 4.78 is 0. The van der Waals surface area contributed by atoms with Gasteiger partial charge in [-0.05, 0) is 116 Å². The van der Waals surface area contributed by atoms with Crippen LogP contribution in [0.15, 0.2) is 194 Å². The molecule has 0 radical (unpaired) electrons. The minimum atomic E-state index is -0.0860. The Morgan fingerprint density at radius 2 is 0.727 bits per heavy atom. The maximum atomic E-state index is 2.43. The SMILES string of the molecule is CC1(C)c2cc(-c3ccc(-c4c5ccccc5c(-c5ccc(-c6cccc7ccccc67)cc5)c5ccccc45)cc3)ccc2-c2ccc3ccccc3c21. The van der Waals surface area contributed by atoms with Gasteiger partial charge in [0.05, 0.1) is 0 Å². The maximum absolute atomic E-state index is 2.43. The molecule has 0 bridgehead atoms. The first-order valence-electron chi connectivity index (χ1n) is 19.3. The second-order valence-corrected chi connectivity index (χ2v) is 15.6. The Balaban J connectivity index is 1.000. The van der Waals surface area contributed by atoms with E-state index in [1.807, 2.05) is 0 Å². The van der Waals surface area contributed by atoms with Crippen LogP contribution in [0.4, 0.5) is 0 Å². The monoisotopic (exact) mass is 698 g/mol. The van der Waals surface area contributed by atoms with E-state index in [4.69, 9.17) is 0 Å². The van der Waals surface area contributed by atoms with Crippen LogP contribution in [0.1, 0.15) is 25.0 Å². The number of hydrogen-bond acceptors (Lipinski definition) is 0. The molecule has 11 rings (SSSR count). The number of benzene rings is 10. The highest BCUT2D eigenvalue weighted by molar-refractivity contribution is 6.21. The lowest BCUT2D eigenvalue weighted by Gasteiger charge is -2.23. The van der Waals surface area contributed by atoms with Gasteiger partial charge in [0.2, 0.25) is 0 Å². The third kappa shape index (κ3) is 4.85. The van der Waals surface area contributed by atoms with Gasteiger partial charge < -0.3 is 0 Å². The fraction of sp³-hybridized carbons (Fsp3) is 0.0545. The van der Waals surface area contributed by atoms with Crippen molar-refractivity contribution in [1.82, 2.24) is 0 Å². The Morgan fingerprint density at radius 3 is 1.33 bits per heavy atom. The molecule has 0 heterocycles. The van der Waals surface area contributed by atoms with Crippen LogP contribution in [-0.4, -0.2) is 0 Å². The van der Waals surface area contributed by atoms with Gasteiger partial charge in [-0.1, -0.05) is 202 Å². The lowest BCUT2D eigenvalue weighted by molar-refractivity contribution is 0.666. The van der Waals surface area contributed by atoms with Crippen LogP contribution in [0, 0.1) is 0 Å². The molecule has 0 amide bonds. The van der Waals surface area contributed by atoms with E-state index in [2.05, 4.69) is 208 Å². The van der Waals surface area contributed by atoms with Crippen LogP contribution in [-0.2, 0) is 5.41 Å². The second kappa shape index (κ2) is 12.1. The van der Waals surface area contributed by atoms with E-state index in [-0.39, 0.29) is 5.41 Å². The van der Waals surface area contributed by atoms with E-state index in [9.17, 15) is 0 Å². The summed E-state index contributed by atoms with van der Waals surface area (Å²) in [4.78, 5) is 0. The van der Waals surface area contributed by atoms with Crippen molar-refractivity contribution in [1.29, 1.82) is 0 Å². The molecule has 0 fully saturated rings. The van der Waals surface area contributed by atoms with Gasteiger partial charge in [0.15, 0.2) is 0 Å². The first-order valence-corrected chi connectivity index (χ1v) is 19.3. The third-order valence-corrected chi connectivity index (χ3v) is 12.2. The molecule has 0 saturated heterocycles. The van der Waals surface area contributed by atoms with Gasteiger partial charge in [0, 0.05) is 5.41 Å². The van der Waals surface area contributed by atoms with E-state index in [1.54, 1.807) is 0 Å². The zero-order chi connectivity index (χ0) is 36.7. The molecule has 0 heteroatoms. The highest BCUT2D eigenvalue weighted by atomic mass is 14.4. The van der Waals surface area contributed by atoms with Crippen LogP contribution in [0.25, 0.3) is 98.7 Å². The number of hydrogen-bond donors (Lipinski definition) is 0. The molecule has 0 aliphatic heterocycles.